The Morgan fingerprint density at radius 1 is 1.26 bits per heavy atom. The number of rotatable bonds is 2. The highest BCUT2D eigenvalue weighted by Gasteiger charge is 2.38. The molecule has 1 N–H and O–H groups in total. The van der Waals surface area contributed by atoms with Crippen LogP contribution >= 0.6 is 0 Å². The average molecular weight is 264 g/mol. The Labute approximate surface area is 117 Å². The summed E-state index contributed by atoms with van der Waals surface area (Å²) in [7, 11) is 0. The molecule has 0 radical (unpaired) electrons. The van der Waals surface area contributed by atoms with Crippen LogP contribution < -0.4 is 5.32 Å². The molecular formula is C16H28N2O. The van der Waals surface area contributed by atoms with E-state index in [2.05, 4.69) is 12.2 Å². The number of nitrogens with zero attached hydrogens (tertiary/aromatic N) is 1. The summed E-state index contributed by atoms with van der Waals surface area (Å²) in [6.45, 7) is 4.33. The molecule has 1 saturated carbocycles. The van der Waals surface area contributed by atoms with Crippen LogP contribution in [0.1, 0.15) is 58.3 Å². The van der Waals surface area contributed by atoms with E-state index >= 15 is 0 Å². The molecule has 0 aromatic carbocycles. The molecule has 0 aromatic heterocycles. The van der Waals surface area contributed by atoms with Crippen molar-refractivity contribution >= 4 is 5.71 Å². The molecule has 2 fully saturated rings. The minimum absolute atomic E-state index is 0.729. The first-order chi connectivity index (χ1) is 9.24. The molecule has 0 unspecified atom stereocenters. The summed E-state index contributed by atoms with van der Waals surface area (Å²) >= 11 is 0. The molecule has 2 heterocycles. The van der Waals surface area contributed by atoms with E-state index in [4.69, 9.17) is 0 Å². The van der Waals surface area contributed by atoms with Crippen LogP contribution in [0.3, 0.4) is 0 Å². The molecule has 1 aliphatic carbocycles. The van der Waals surface area contributed by atoms with Crippen molar-refractivity contribution in [2.24, 2.45) is 17.8 Å². The highest BCUT2D eigenvalue weighted by molar-refractivity contribution is 5.80. The molecule has 0 spiro atoms. The van der Waals surface area contributed by atoms with E-state index in [-0.39, 0.29) is 0 Å². The van der Waals surface area contributed by atoms with Crippen molar-refractivity contribution in [3.05, 3.63) is 5.21 Å². The van der Waals surface area contributed by atoms with Crippen LogP contribution in [0.4, 0.5) is 0 Å². The van der Waals surface area contributed by atoms with Crippen LogP contribution in [0.15, 0.2) is 0 Å². The lowest BCUT2D eigenvalue weighted by Crippen LogP contribution is -2.49. The van der Waals surface area contributed by atoms with Crippen LogP contribution in [0.2, 0.25) is 0 Å². The zero-order valence-corrected chi connectivity index (χ0v) is 12.2. The summed E-state index contributed by atoms with van der Waals surface area (Å²) in [6.07, 6.45) is 9.82. The fraction of sp³-hybridized carbons (Fsp3) is 0.938. The maximum Gasteiger partial charge on any atom is 0.163 e. The van der Waals surface area contributed by atoms with E-state index in [9.17, 15) is 5.21 Å². The van der Waals surface area contributed by atoms with Crippen molar-refractivity contribution in [1.29, 1.82) is 0 Å². The van der Waals surface area contributed by atoms with Crippen molar-refractivity contribution in [3.63, 3.8) is 0 Å². The topological polar surface area (TPSA) is 38.1 Å². The summed E-state index contributed by atoms with van der Waals surface area (Å²) in [5, 5.41) is 15.7. The number of nitrogens with one attached hydrogen (secondary N) is 1. The Morgan fingerprint density at radius 2 is 2.16 bits per heavy atom. The van der Waals surface area contributed by atoms with E-state index in [1.165, 1.54) is 49.1 Å². The molecule has 19 heavy (non-hydrogen) atoms. The Balaban J connectivity index is 1.70. The molecule has 0 aromatic rings. The fourth-order valence-electron chi connectivity index (χ4n) is 4.63. The third-order valence-corrected chi connectivity index (χ3v) is 5.53. The minimum Gasteiger partial charge on any atom is -0.624 e. The zero-order chi connectivity index (χ0) is 13.2. The smallest absolute Gasteiger partial charge is 0.163 e. The second kappa shape index (κ2) is 5.82. The Morgan fingerprint density at radius 3 is 3.00 bits per heavy atom. The lowest BCUT2D eigenvalue weighted by Gasteiger charge is -2.44. The first-order valence-corrected chi connectivity index (χ1v) is 8.27. The van der Waals surface area contributed by atoms with Gasteiger partial charge in [0.25, 0.3) is 0 Å². The van der Waals surface area contributed by atoms with E-state index in [1.807, 2.05) is 0 Å². The lowest BCUT2D eigenvalue weighted by atomic mass is 9.66. The van der Waals surface area contributed by atoms with Gasteiger partial charge in [-0.15, -0.1) is 0 Å². The van der Waals surface area contributed by atoms with Crippen LogP contribution in [-0.4, -0.2) is 29.6 Å². The first kappa shape index (κ1) is 13.4. The SMILES string of the molecule is C[C@@H]1C[C@H](CC2=[N+]([O-])CCCC2)[C@H]2CCCN[C@H]2C1. The summed E-state index contributed by atoms with van der Waals surface area (Å²) in [6, 6.07) is 0.729. The lowest BCUT2D eigenvalue weighted by molar-refractivity contribution is -0.465. The van der Waals surface area contributed by atoms with Crippen molar-refractivity contribution in [1.82, 2.24) is 5.32 Å². The molecule has 4 atom stereocenters. The summed E-state index contributed by atoms with van der Waals surface area (Å²) in [5.74, 6) is 2.40. The molecule has 108 valence electrons. The van der Waals surface area contributed by atoms with Gasteiger partial charge in [-0.3, -0.25) is 0 Å². The minimum atomic E-state index is 0.729. The second-order valence-corrected chi connectivity index (χ2v) is 7.03. The Hall–Kier alpha value is -0.570. The quantitative estimate of drug-likeness (QED) is 0.615. The van der Waals surface area contributed by atoms with E-state index in [0.29, 0.717) is 0 Å². The molecule has 1 saturated heterocycles. The normalized spacial score (nSPS) is 40.1. The van der Waals surface area contributed by atoms with E-state index in [1.54, 1.807) is 0 Å². The van der Waals surface area contributed by atoms with Crippen LogP contribution in [-0.2, 0) is 0 Å². The van der Waals surface area contributed by atoms with Crippen molar-refractivity contribution in [2.75, 3.05) is 13.1 Å². The van der Waals surface area contributed by atoms with Crippen LogP contribution in [0.25, 0.3) is 0 Å². The monoisotopic (exact) mass is 264 g/mol. The molecule has 0 bridgehead atoms. The van der Waals surface area contributed by atoms with E-state index < -0.39 is 0 Å². The number of fused-ring (bicyclic) bond motifs is 1. The standard InChI is InChI=1S/C16H28N2O/c1-12-9-13(11-14-5-2-3-8-18(14)19)15-6-4-7-17-16(15)10-12/h12-13,15-17H,2-11H2,1H3/t12-,13-,15-,16+/m1/s1. The maximum absolute atomic E-state index is 12.0. The van der Waals surface area contributed by atoms with Gasteiger partial charge in [-0.05, 0) is 56.4 Å². The highest BCUT2D eigenvalue weighted by atomic mass is 16.5. The first-order valence-electron chi connectivity index (χ1n) is 8.27. The van der Waals surface area contributed by atoms with Gasteiger partial charge < -0.3 is 10.5 Å². The van der Waals surface area contributed by atoms with Crippen LogP contribution in [0.5, 0.6) is 0 Å². The predicted octanol–water partition coefficient (Wildman–Crippen LogP) is 2.93. The Bertz CT molecular complexity index is 353. The molecule has 3 rings (SSSR count). The van der Waals surface area contributed by atoms with Gasteiger partial charge in [-0.1, -0.05) is 6.92 Å². The van der Waals surface area contributed by atoms with Crippen molar-refractivity contribution in [3.8, 4) is 0 Å². The average Bonchev–Trinajstić information content (AvgIpc) is 2.41. The van der Waals surface area contributed by atoms with Gasteiger partial charge in [0.2, 0.25) is 0 Å². The molecule has 2 aliphatic heterocycles. The number of piperidine rings is 1. The predicted molar refractivity (Wildman–Crippen MR) is 78.4 cm³/mol. The molecular weight excluding hydrogens is 236 g/mol. The third-order valence-electron chi connectivity index (χ3n) is 5.53. The van der Waals surface area contributed by atoms with Crippen molar-refractivity contribution in [2.45, 2.75) is 64.3 Å². The van der Waals surface area contributed by atoms with Gasteiger partial charge in [0, 0.05) is 25.3 Å². The maximum atomic E-state index is 12.0. The van der Waals surface area contributed by atoms with Gasteiger partial charge in [0.05, 0.1) is 0 Å². The van der Waals surface area contributed by atoms with Gasteiger partial charge in [0.15, 0.2) is 12.3 Å². The van der Waals surface area contributed by atoms with Crippen molar-refractivity contribution < 1.29 is 4.74 Å². The summed E-state index contributed by atoms with van der Waals surface area (Å²) < 4.78 is 1.31. The zero-order valence-electron chi connectivity index (χ0n) is 12.2. The number of hydrogen-bond donors (Lipinski definition) is 1. The summed E-state index contributed by atoms with van der Waals surface area (Å²) in [5.41, 5.74) is 1.20. The van der Waals surface area contributed by atoms with Crippen LogP contribution in [0, 0.1) is 23.0 Å². The molecule has 3 nitrogen and oxygen atoms in total. The molecule has 0 amide bonds. The number of hydroxylamine groups is 1. The fourth-order valence-corrected chi connectivity index (χ4v) is 4.63. The largest absolute Gasteiger partial charge is 0.624 e. The van der Waals surface area contributed by atoms with E-state index in [0.717, 1.165) is 49.6 Å². The second-order valence-electron chi connectivity index (χ2n) is 7.03. The highest BCUT2D eigenvalue weighted by Crippen LogP contribution is 2.40. The van der Waals surface area contributed by atoms with Gasteiger partial charge in [0.1, 0.15) is 0 Å². The Kier molecular flexibility index (Phi) is 4.11. The number of hydrogen-bond acceptors (Lipinski definition) is 2. The van der Waals surface area contributed by atoms with Gasteiger partial charge >= 0.3 is 0 Å². The molecule has 3 heteroatoms. The van der Waals surface area contributed by atoms with Gasteiger partial charge in [-0.2, -0.15) is 0 Å². The summed E-state index contributed by atoms with van der Waals surface area (Å²) in [4.78, 5) is 0. The third kappa shape index (κ3) is 2.96. The molecule has 3 aliphatic rings. The van der Waals surface area contributed by atoms with Gasteiger partial charge in [-0.25, -0.2) is 4.74 Å².